The van der Waals surface area contributed by atoms with Gasteiger partial charge in [0.2, 0.25) is 5.78 Å². The largest absolute Gasteiger partial charge is 0.490 e. The van der Waals surface area contributed by atoms with Crippen LogP contribution in [0.5, 0.6) is 5.75 Å². The van der Waals surface area contributed by atoms with Gasteiger partial charge in [-0.3, -0.25) is 14.9 Å². The molecule has 124 valence electrons. The fourth-order valence-electron chi connectivity index (χ4n) is 1.94. The van der Waals surface area contributed by atoms with Crippen LogP contribution in [0.25, 0.3) is 0 Å². The van der Waals surface area contributed by atoms with Gasteiger partial charge in [0.1, 0.15) is 5.82 Å². The zero-order valence-electron chi connectivity index (χ0n) is 12.5. The molecule has 0 saturated heterocycles. The molecule has 0 atom stereocenters. The highest BCUT2D eigenvalue weighted by Crippen LogP contribution is 2.27. The van der Waals surface area contributed by atoms with Crippen LogP contribution in [-0.2, 0) is 4.74 Å². The number of benzene rings is 2. The lowest BCUT2D eigenvalue weighted by molar-refractivity contribution is -0.385. The van der Waals surface area contributed by atoms with E-state index in [0.717, 1.165) is 12.1 Å². The van der Waals surface area contributed by atoms with E-state index in [-0.39, 0.29) is 16.9 Å². The third-order valence-corrected chi connectivity index (χ3v) is 3.12. The highest BCUT2D eigenvalue weighted by molar-refractivity contribution is 5.99. The van der Waals surface area contributed by atoms with Gasteiger partial charge < -0.3 is 9.47 Å². The van der Waals surface area contributed by atoms with Gasteiger partial charge in [-0.25, -0.2) is 9.18 Å². The van der Waals surface area contributed by atoms with Crippen molar-refractivity contribution in [3.05, 3.63) is 69.5 Å². The first-order valence-electron chi connectivity index (χ1n) is 6.71. The van der Waals surface area contributed by atoms with E-state index in [9.17, 15) is 24.1 Å². The van der Waals surface area contributed by atoms with E-state index in [2.05, 4.69) is 0 Å². The number of rotatable bonds is 6. The number of nitrogens with zero attached hydrogens (tertiary/aromatic N) is 1. The van der Waals surface area contributed by atoms with Crippen molar-refractivity contribution in [3.63, 3.8) is 0 Å². The number of hydrogen-bond donors (Lipinski definition) is 0. The number of Topliss-reactive ketones (excluding diaryl/α,β-unsaturated/α-hetero) is 1. The number of methoxy groups -OCH3 is 1. The van der Waals surface area contributed by atoms with E-state index in [1.165, 1.54) is 37.4 Å². The van der Waals surface area contributed by atoms with E-state index in [0.29, 0.717) is 0 Å². The molecule has 0 amide bonds. The van der Waals surface area contributed by atoms with Crippen molar-refractivity contribution in [1.82, 2.24) is 0 Å². The number of hydrogen-bond acceptors (Lipinski definition) is 6. The first-order valence-corrected chi connectivity index (χ1v) is 6.71. The van der Waals surface area contributed by atoms with Crippen LogP contribution in [-0.4, -0.2) is 30.4 Å². The minimum Gasteiger partial charge on any atom is -0.490 e. The number of carbonyl (C=O) groups excluding carboxylic acids is 2. The molecule has 24 heavy (non-hydrogen) atoms. The molecule has 0 saturated carbocycles. The van der Waals surface area contributed by atoms with Crippen LogP contribution in [0.15, 0.2) is 42.5 Å². The summed E-state index contributed by atoms with van der Waals surface area (Å²) in [5, 5.41) is 10.9. The van der Waals surface area contributed by atoms with Crippen molar-refractivity contribution < 1.29 is 28.4 Å². The maximum Gasteiger partial charge on any atom is 0.338 e. The minimum absolute atomic E-state index is 0.0148. The van der Waals surface area contributed by atoms with Crippen LogP contribution in [0.4, 0.5) is 10.1 Å². The molecule has 7 nitrogen and oxygen atoms in total. The Balaban J connectivity index is 2.10. The van der Waals surface area contributed by atoms with Gasteiger partial charge in [-0.1, -0.05) is 12.1 Å². The molecule has 0 aliphatic heterocycles. The lowest BCUT2D eigenvalue weighted by Gasteiger charge is -2.06. The fraction of sp³-hybridized carbons (Fsp3) is 0.125. The van der Waals surface area contributed by atoms with Gasteiger partial charge in [0, 0.05) is 6.07 Å². The van der Waals surface area contributed by atoms with E-state index >= 15 is 0 Å². The number of esters is 1. The standard InChI is InChI=1S/C16H12FNO6/c1-23-15-7-6-10(8-13(15)18(21)22)16(20)24-9-14(19)11-4-2-3-5-12(11)17/h2-8H,9H2,1H3. The van der Waals surface area contributed by atoms with Crippen LogP contribution in [0, 0.1) is 15.9 Å². The topological polar surface area (TPSA) is 95.7 Å². The molecule has 0 aromatic heterocycles. The molecular weight excluding hydrogens is 321 g/mol. The summed E-state index contributed by atoms with van der Waals surface area (Å²) in [6.45, 7) is -0.681. The normalized spacial score (nSPS) is 10.1. The van der Waals surface area contributed by atoms with Gasteiger partial charge in [-0.05, 0) is 24.3 Å². The average Bonchev–Trinajstić information content (AvgIpc) is 2.59. The molecule has 2 rings (SSSR count). The number of nitro benzene ring substituents is 1. The summed E-state index contributed by atoms with van der Waals surface area (Å²) in [6, 6.07) is 8.77. The predicted octanol–water partition coefficient (Wildman–Crippen LogP) is 2.78. The van der Waals surface area contributed by atoms with E-state index < -0.39 is 34.8 Å². The molecule has 0 N–H and O–H groups in total. The van der Waals surface area contributed by atoms with Crippen molar-refractivity contribution in [2.75, 3.05) is 13.7 Å². The molecule has 0 bridgehead atoms. The molecule has 8 heteroatoms. The Morgan fingerprint density at radius 2 is 1.92 bits per heavy atom. The van der Waals surface area contributed by atoms with Crippen LogP contribution in [0.2, 0.25) is 0 Å². The van der Waals surface area contributed by atoms with E-state index in [1.807, 2.05) is 0 Å². The number of nitro groups is 1. The molecule has 2 aromatic carbocycles. The lowest BCUT2D eigenvalue weighted by Crippen LogP contribution is -2.15. The maximum atomic E-state index is 13.5. The lowest BCUT2D eigenvalue weighted by atomic mass is 10.1. The summed E-state index contributed by atoms with van der Waals surface area (Å²) in [6.07, 6.45) is 0. The Hall–Kier alpha value is -3.29. The van der Waals surface area contributed by atoms with Crippen molar-refractivity contribution in [1.29, 1.82) is 0 Å². The third kappa shape index (κ3) is 3.72. The fourth-order valence-corrected chi connectivity index (χ4v) is 1.94. The second-order valence-corrected chi connectivity index (χ2v) is 4.62. The van der Waals surface area contributed by atoms with Crippen molar-refractivity contribution in [2.24, 2.45) is 0 Å². The molecule has 0 fully saturated rings. The predicted molar refractivity (Wildman–Crippen MR) is 80.7 cm³/mol. The van der Waals surface area contributed by atoms with Gasteiger partial charge >= 0.3 is 11.7 Å². The Labute approximate surface area is 135 Å². The summed E-state index contributed by atoms with van der Waals surface area (Å²) in [5.41, 5.74) is -0.734. The third-order valence-electron chi connectivity index (χ3n) is 3.12. The van der Waals surface area contributed by atoms with E-state index in [1.54, 1.807) is 0 Å². The van der Waals surface area contributed by atoms with Gasteiger partial charge in [0.15, 0.2) is 12.4 Å². The first-order chi connectivity index (χ1) is 11.4. The zero-order valence-corrected chi connectivity index (χ0v) is 12.5. The molecule has 0 aliphatic rings. The van der Waals surface area contributed by atoms with Gasteiger partial charge in [0.05, 0.1) is 23.2 Å². The number of ketones is 1. The minimum atomic E-state index is -0.939. The van der Waals surface area contributed by atoms with Gasteiger partial charge in [-0.15, -0.1) is 0 Å². The molecule has 0 aliphatic carbocycles. The van der Waals surface area contributed by atoms with Crippen LogP contribution >= 0.6 is 0 Å². The molecule has 2 aromatic rings. The maximum absolute atomic E-state index is 13.5. The van der Waals surface area contributed by atoms with Crippen LogP contribution in [0.3, 0.4) is 0 Å². The van der Waals surface area contributed by atoms with Gasteiger partial charge in [-0.2, -0.15) is 0 Å². The summed E-state index contributed by atoms with van der Waals surface area (Å²) in [4.78, 5) is 34.0. The monoisotopic (exact) mass is 333 g/mol. The number of halogens is 1. The Bertz CT molecular complexity index is 805. The van der Waals surface area contributed by atoms with Crippen molar-refractivity contribution in [3.8, 4) is 5.75 Å². The summed E-state index contributed by atoms with van der Waals surface area (Å²) >= 11 is 0. The second kappa shape index (κ2) is 7.32. The number of ether oxygens (including phenoxy) is 2. The number of carbonyl (C=O) groups is 2. The summed E-state index contributed by atoms with van der Waals surface area (Å²) in [7, 11) is 1.26. The molecule has 0 unspecified atom stereocenters. The van der Waals surface area contributed by atoms with Gasteiger partial charge in [0.25, 0.3) is 0 Å². The zero-order chi connectivity index (χ0) is 17.7. The second-order valence-electron chi connectivity index (χ2n) is 4.62. The SMILES string of the molecule is COc1ccc(C(=O)OCC(=O)c2ccccc2F)cc1[N+](=O)[O-]. The Morgan fingerprint density at radius 1 is 1.21 bits per heavy atom. The first kappa shape index (κ1) is 17.1. The smallest absolute Gasteiger partial charge is 0.338 e. The van der Waals surface area contributed by atoms with Crippen LogP contribution in [0.1, 0.15) is 20.7 Å². The highest BCUT2D eigenvalue weighted by atomic mass is 19.1. The molecule has 0 radical (unpaired) electrons. The quantitative estimate of drug-likeness (QED) is 0.349. The Morgan fingerprint density at radius 3 is 2.54 bits per heavy atom. The molecule has 0 heterocycles. The van der Waals surface area contributed by atoms with Crippen LogP contribution < -0.4 is 4.74 Å². The van der Waals surface area contributed by atoms with Crippen molar-refractivity contribution >= 4 is 17.4 Å². The molecular formula is C16H12FNO6. The van der Waals surface area contributed by atoms with Crippen molar-refractivity contribution in [2.45, 2.75) is 0 Å². The summed E-state index contributed by atoms with van der Waals surface area (Å²) < 4.78 is 23.1. The summed E-state index contributed by atoms with van der Waals surface area (Å²) in [5.74, 6) is -2.40. The highest BCUT2D eigenvalue weighted by Gasteiger charge is 2.20. The Kier molecular flexibility index (Phi) is 5.20. The molecule has 0 spiro atoms. The van der Waals surface area contributed by atoms with E-state index in [4.69, 9.17) is 9.47 Å². The average molecular weight is 333 g/mol.